The van der Waals surface area contributed by atoms with Gasteiger partial charge in [0.15, 0.2) is 5.69 Å². The second-order valence-electron chi connectivity index (χ2n) is 6.95. The quantitative estimate of drug-likeness (QED) is 0.335. The molecule has 0 aliphatic rings. The lowest BCUT2D eigenvalue weighted by molar-refractivity contribution is -0.386. The molecule has 0 spiro atoms. The molecule has 4 aromatic rings. The van der Waals surface area contributed by atoms with Crippen LogP contribution in [0.4, 0.5) is 10.1 Å². The van der Waals surface area contributed by atoms with Crippen LogP contribution in [0.5, 0.6) is 0 Å². The van der Waals surface area contributed by atoms with E-state index in [2.05, 4.69) is 5.16 Å². The van der Waals surface area contributed by atoms with Crippen LogP contribution < -0.4 is 0 Å². The van der Waals surface area contributed by atoms with E-state index in [4.69, 9.17) is 9.51 Å². The van der Waals surface area contributed by atoms with Gasteiger partial charge in [0, 0.05) is 17.5 Å². The van der Waals surface area contributed by atoms with Crippen molar-refractivity contribution in [2.24, 2.45) is 0 Å². The van der Waals surface area contributed by atoms with Crippen LogP contribution in [0.25, 0.3) is 10.9 Å². The molecule has 0 bridgehead atoms. The fourth-order valence-corrected chi connectivity index (χ4v) is 3.52. The van der Waals surface area contributed by atoms with Gasteiger partial charge in [0.05, 0.1) is 10.4 Å². The Hall–Kier alpha value is -3.61. The first-order valence-corrected chi connectivity index (χ1v) is 9.21. The Labute approximate surface area is 166 Å². The summed E-state index contributed by atoms with van der Waals surface area (Å²) in [7, 11) is 0. The molecule has 0 saturated carbocycles. The molecule has 0 aliphatic carbocycles. The van der Waals surface area contributed by atoms with E-state index in [9.17, 15) is 14.5 Å². The number of aromatic nitrogens is 2. The van der Waals surface area contributed by atoms with Gasteiger partial charge in [0.2, 0.25) is 5.76 Å². The summed E-state index contributed by atoms with van der Waals surface area (Å²) in [6.45, 7) is 1.54. The average Bonchev–Trinajstić information content (AvgIpc) is 3.08. The predicted molar refractivity (Wildman–Crippen MR) is 106 cm³/mol. The summed E-state index contributed by atoms with van der Waals surface area (Å²) in [5.74, 6) is -0.309. The summed E-state index contributed by atoms with van der Waals surface area (Å²) in [5.41, 5.74) is 2.71. The van der Waals surface area contributed by atoms with Crippen LogP contribution in [0.15, 0.2) is 65.2 Å². The molecule has 7 heteroatoms. The zero-order chi connectivity index (χ0) is 20.4. The summed E-state index contributed by atoms with van der Waals surface area (Å²) in [5, 5.41) is 16.2. The van der Waals surface area contributed by atoms with Crippen LogP contribution in [0.3, 0.4) is 0 Å². The third-order valence-corrected chi connectivity index (χ3v) is 4.97. The number of hydrogen-bond donors (Lipinski definition) is 0. The maximum Gasteiger partial charge on any atom is 0.334 e. The molecule has 0 fully saturated rings. The van der Waals surface area contributed by atoms with E-state index >= 15 is 0 Å². The van der Waals surface area contributed by atoms with Gasteiger partial charge in [-0.3, -0.25) is 15.1 Å². The van der Waals surface area contributed by atoms with Gasteiger partial charge < -0.3 is 4.52 Å². The van der Waals surface area contributed by atoms with E-state index in [0.717, 1.165) is 22.2 Å². The van der Waals surface area contributed by atoms with Crippen LogP contribution in [-0.2, 0) is 12.8 Å². The molecular weight excluding hydrogens is 373 g/mol. The fourth-order valence-electron chi connectivity index (χ4n) is 3.52. The lowest BCUT2D eigenvalue weighted by atomic mass is 9.89. The first kappa shape index (κ1) is 18.7. The van der Waals surface area contributed by atoms with Crippen LogP contribution in [0.1, 0.15) is 28.6 Å². The number of aryl methyl sites for hydroxylation is 1. The van der Waals surface area contributed by atoms with Crippen molar-refractivity contribution < 1.29 is 13.8 Å². The van der Waals surface area contributed by atoms with Crippen LogP contribution in [0.2, 0.25) is 0 Å². The lowest BCUT2D eigenvalue weighted by Gasteiger charge is -2.16. The van der Waals surface area contributed by atoms with E-state index < -0.39 is 4.92 Å². The van der Waals surface area contributed by atoms with Crippen LogP contribution in [0, 0.1) is 22.9 Å². The second kappa shape index (κ2) is 7.79. The Morgan fingerprint density at radius 1 is 1.07 bits per heavy atom. The Balaban J connectivity index is 1.70. The SMILES string of the molecule is Cc1noc(CC(Cc2ccc3ccccc3n2)c2ccc(F)cc2)c1[N+](=O)[O-]. The van der Waals surface area contributed by atoms with Gasteiger partial charge in [0.25, 0.3) is 0 Å². The number of rotatable bonds is 6. The van der Waals surface area contributed by atoms with Crippen molar-refractivity contribution in [1.29, 1.82) is 0 Å². The largest absolute Gasteiger partial charge is 0.354 e. The maximum atomic E-state index is 13.4. The molecule has 2 aromatic heterocycles. The number of pyridine rings is 1. The molecular formula is C22H18FN3O3. The lowest BCUT2D eigenvalue weighted by Crippen LogP contribution is -2.09. The molecule has 0 saturated heterocycles. The number of nitro groups is 1. The van der Waals surface area contributed by atoms with Gasteiger partial charge in [0.1, 0.15) is 5.82 Å². The molecule has 2 aromatic carbocycles. The molecule has 0 radical (unpaired) electrons. The normalized spacial score (nSPS) is 12.2. The minimum Gasteiger partial charge on any atom is -0.354 e. The highest BCUT2D eigenvalue weighted by Crippen LogP contribution is 2.31. The Bertz CT molecular complexity index is 1170. The van der Waals surface area contributed by atoms with E-state index in [-0.39, 0.29) is 35.3 Å². The summed E-state index contributed by atoms with van der Waals surface area (Å²) >= 11 is 0. The second-order valence-corrected chi connectivity index (χ2v) is 6.95. The highest BCUT2D eigenvalue weighted by atomic mass is 19.1. The summed E-state index contributed by atoms with van der Waals surface area (Å²) in [6, 6.07) is 17.9. The zero-order valence-corrected chi connectivity index (χ0v) is 15.7. The third-order valence-electron chi connectivity index (χ3n) is 4.97. The molecule has 1 atom stereocenters. The smallest absolute Gasteiger partial charge is 0.334 e. The third kappa shape index (κ3) is 3.99. The Morgan fingerprint density at radius 3 is 2.59 bits per heavy atom. The van der Waals surface area contributed by atoms with Gasteiger partial charge in [-0.25, -0.2) is 4.39 Å². The zero-order valence-electron chi connectivity index (χ0n) is 15.7. The molecule has 146 valence electrons. The first-order valence-electron chi connectivity index (χ1n) is 9.21. The van der Waals surface area contributed by atoms with E-state index in [1.54, 1.807) is 19.1 Å². The highest BCUT2D eigenvalue weighted by molar-refractivity contribution is 5.78. The number of fused-ring (bicyclic) bond motifs is 1. The van der Waals surface area contributed by atoms with Crippen molar-refractivity contribution in [1.82, 2.24) is 10.1 Å². The summed E-state index contributed by atoms with van der Waals surface area (Å²) in [6.07, 6.45) is 0.782. The molecule has 6 nitrogen and oxygen atoms in total. The van der Waals surface area contributed by atoms with Crippen molar-refractivity contribution in [2.45, 2.75) is 25.7 Å². The van der Waals surface area contributed by atoms with Gasteiger partial charge in [-0.2, -0.15) is 0 Å². The van der Waals surface area contributed by atoms with Crippen molar-refractivity contribution >= 4 is 16.6 Å². The van der Waals surface area contributed by atoms with Crippen molar-refractivity contribution in [3.05, 3.63) is 99.3 Å². The van der Waals surface area contributed by atoms with Gasteiger partial charge in [-0.05, 0) is 49.1 Å². The minimum atomic E-state index is -0.475. The van der Waals surface area contributed by atoms with Crippen LogP contribution in [-0.4, -0.2) is 15.1 Å². The van der Waals surface area contributed by atoms with Crippen LogP contribution >= 0.6 is 0 Å². The molecule has 29 heavy (non-hydrogen) atoms. The Morgan fingerprint density at radius 2 is 1.83 bits per heavy atom. The number of para-hydroxylation sites is 1. The summed E-state index contributed by atoms with van der Waals surface area (Å²) < 4.78 is 18.7. The summed E-state index contributed by atoms with van der Waals surface area (Å²) in [4.78, 5) is 15.6. The minimum absolute atomic E-state index is 0.108. The molecule has 0 N–H and O–H groups in total. The fraction of sp³-hybridized carbons (Fsp3) is 0.182. The molecule has 1 unspecified atom stereocenters. The maximum absolute atomic E-state index is 13.4. The van der Waals surface area contributed by atoms with Gasteiger partial charge >= 0.3 is 5.69 Å². The molecule has 4 rings (SSSR count). The van der Waals surface area contributed by atoms with Crippen molar-refractivity contribution in [3.8, 4) is 0 Å². The number of hydrogen-bond acceptors (Lipinski definition) is 5. The standard InChI is InChI=1S/C22H18FN3O3/c1-14-22(26(27)28)21(29-25-14)13-17(15-6-9-18(23)10-7-15)12-19-11-8-16-4-2-3-5-20(16)24-19/h2-11,17H,12-13H2,1H3. The Kier molecular flexibility index (Phi) is 5.03. The van der Waals surface area contributed by atoms with E-state index in [1.165, 1.54) is 12.1 Å². The van der Waals surface area contributed by atoms with Crippen molar-refractivity contribution in [2.75, 3.05) is 0 Å². The highest BCUT2D eigenvalue weighted by Gasteiger charge is 2.27. The number of benzene rings is 2. The van der Waals surface area contributed by atoms with E-state index in [0.29, 0.717) is 6.42 Å². The molecule has 0 aliphatic heterocycles. The monoisotopic (exact) mass is 391 g/mol. The van der Waals surface area contributed by atoms with E-state index in [1.807, 2.05) is 36.4 Å². The number of nitrogens with zero attached hydrogens (tertiary/aromatic N) is 3. The van der Waals surface area contributed by atoms with Gasteiger partial charge in [-0.15, -0.1) is 0 Å². The number of halogens is 1. The topological polar surface area (TPSA) is 82.1 Å². The molecule has 0 amide bonds. The predicted octanol–water partition coefficient (Wildman–Crippen LogP) is 5.15. The van der Waals surface area contributed by atoms with Crippen molar-refractivity contribution in [3.63, 3.8) is 0 Å². The average molecular weight is 391 g/mol. The molecule has 2 heterocycles. The van der Waals surface area contributed by atoms with Gasteiger partial charge in [-0.1, -0.05) is 41.6 Å². The first-order chi connectivity index (χ1) is 14.0.